The summed E-state index contributed by atoms with van der Waals surface area (Å²) in [5.74, 6) is -0.486. The lowest BCUT2D eigenvalue weighted by molar-refractivity contribution is 0.0944. The zero-order valence-corrected chi connectivity index (χ0v) is 15.4. The lowest BCUT2D eigenvalue weighted by Crippen LogP contribution is -2.27. The highest BCUT2D eigenvalue weighted by Crippen LogP contribution is 2.23. The van der Waals surface area contributed by atoms with Crippen molar-refractivity contribution in [3.63, 3.8) is 0 Å². The van der Waals surface area contributed by atoms with Gasteiger partial charge in [0.1, 0.15) is 11.5 Å². The molecule has 0 aliphatic heterocycles. The lowest BCUT2D eigenvalue weighted by atomic mass is 10.1. The molecular weight excluding hydrogens is 321 g/mol. The van der Waals surface area contributed by atoms with Gasteiger partial charge in [0.25, 0.3) is 5.91 Å². The first-order valence-corrected chi connectivity index (χ1v) is 8.40. The minimum atomic E-state index is -0.455. The van der Waals surface area contributed by atoms with Crippen LogP contribution in [0.3, 0.4) is 0 Å². The molecule has 0 atom stereocenters. The van der Waals surface area contributed by atoms with Gasteiger partial charge in [0.2, 0.25) is 0 Å². The minimum Gasteiger partial charge on any atom is -0.392 e. The van der Waals surface area contributed by atoms with Crippen LogP contribution < -0.4 is 5.32 Å². The van der Waals surface area contributed by atoms with Crippen molar-refractivity contribution in [2.45, 2.75) is 59.2 Å². The Bertz CT molecular complexity index is 761. The molecule has 0 saturated heterocycles. The van der Waals surface area contributed by atoms with Gasteiger partial charge in [-0.25, -0.2) is 4.39 Å². The number of hydrogen-bond donors (Lipinski definition) is 2. The quantitative estimate of drug-likeness (QED) is 0.872. The molecule has 0 aliphatic rings. The molecule has 2 N–H and O–H groups in total. The minimum absolute atomic E-state index is 0.214. The van der Waals surface area contributed by atoms with Crippen LogP contribution in [0.5, 0.6) is 0 Å². The van der Waals surface area contributed by atoms with Crippen LogP contribution in [0.15, 0.2) is 24.3 Å². The van der Waals surface area contributed by atoms with Crippen molar-refractivity contribution < 1.29 is 14.3 Å². The number of hydrogen-bond acceptors (Lipinski definition) is 3. The average Bonchev–Trinajstić information content (AvgIpc) is 2.99. The average molecular weight is 347 g/mol. The molecule has 1 amide bonds. The highest BCUT2D eigenvalue weighted by Gasteiger charge is 2.23. The Morgan fingerprint density at radius 2 is 2.00 bits per heavy atom. The summed E-state index contributed by atoms with van der Waals surface area (Å²) in [7, 11) is 0. The van der Waals surface area contributed by atoms with Crippen molar-refractivity contribution in [1.29, 1.82) is 0 Å². The first kappa shape index (κ1) is 19.1. The van der Waals surface area contributed by atoms with Crippen LogP contribution in [-0.4, -0.2) is 20.8 Å². The van der Waals surface area contributed by atoms with Gasteiger partial charge in [-0.3, -0.25) is 9.48 Å². The normalized spacial score (nSPS) is 11.8. The van der Waals surface area contributed by atoms with E-state index >= 15 is 0 Å². The molecule has 2 aromatic rings. The summed E-state index contributed by atoms with van der Waals surface area (Å²) >= 11 is 0. The Morgan fingerprint density at radius 1 is 1.32 bits per heavy atom. The fourth-order valence-corrected chi connectivity index (χ4v) is 2.59. The van der Waals surface area contributed by atoms with Crippen LogP contribution in [-0.2, 0) is 18.7 Å². The second-order valence-electron chi connectivity index (χ2n) is 7.46. The molecule has 0 radical (unpaired) electrons. The molecule has 5 nitrogen and oxygen atoms in total. The van der Waals surface area contributed by atoms with E-state index in [-0.39, 0.29) is 36.1 Å². The van der Waals surface area contributed by atoms with Gasteiger partial charge < -0.3 is 10.4 Å². The second-order valence-corrected chi connectivity index (χ2v) is 7.46. The van der Waals surface area contributed by atoms with Crippen molar-refractivity contribution >= 4 is 5.91 Å². The lowest BCUT2D eigenvalue weighted by Gasteiger charge is -2.23. The number of amides is 1. The Morgan fingerprint density at radius 3 is 2.52 bits per heavy atom. The number of benzene rings is 1. The van der Waals surface area contributed by atoms with Crippen molar-refractivity contribution in [2.24, 2.45) is 0 Å². The zero-order valence-electron chi connectivity index (χ0n) is 15.4. The van der Waals surface area contributed by atoms with Gasteiger partial charge in [-0.1, -0.05) is 19.9 Å². The van der Waals surface area contributed by atoms with Gasteiger partial charge in [0.05, 0.1) is 12.1 Å². The van der Waals surface area contributed by atoms with E-state index in [9.17, 15) is 9.18 Å². The third-order valence-corrected chi connectivity index (χ3v) is 3.93. The molecule has 136 valence electrons. The van der Waals surface area contributed by atoms with Gasteiger partial charge in [0, 0.05) is 17.8 Å². The Balaban J connectivity index is 2.16. The number of halogens is 1. The summed E-state index contributed by atoms with van der Waals surface area (Å²) < 4.78 is 15.3. The van der Waals surface area contributed by atoms with E-state index in [2.05, 4.69) is 24.3 Å². The molecule has 0 saturated carbocycles. The van der Waals surface area contributed by atoms with E-state index in [4.69, 9.17) is 5.11 Å². The molecule has 2 rings (SSSR count). The van der Waals surface area contributed by atoms with E-state index in [1.807, 2.05) is 31.5 Å². The number of nitrogens with zero attached hydrogens (tertiary/aromatic N) is 2. The van der Waals surface area contributed by atoms with Crippen molar-refractivity contribution in [3.8, 4) is 0 Å². The largest absolute Gasteiger partial charge is 0.392 e. The van der Waals surface area contributed by atoms with Gasteiger partial charge in [-0.15, -0.1) is 0 Å². The smallest absolute Gasteiger partial charge is 0.272 e. The molecule has 25 heavy (non-hydrogen) atoms. The van der Waals surface area contributed by atoms with Crippen LogP contribution in [0, 0.1) is 5.82 Å². The van der Waals surface area contributed by atoms with E-state index in [0.29, 0.717) is 5.69 Å². The number of aliphatic hydroxyl groups is 1. The Hall–Kier alpha value is -2.21. The van der Waals surface area contributed by atoms with Gasteiger partial charge in [-0.05, 0) is 50.5 Å². The summed E-state index contributed by atoms with van der Waals surface area (Å²) in [5.41, 5.74) is 2.08. The monoisotopic (exact) mass is 347 g/mol. The molecule has 0 bridgehead atoms. The van der Waals surface area contributed by atoms with Gasteiger partial charge >= 0.3 is 0 Å². The maximum atomic E-state index is 13.4. The summed E-state index contributed by atoms with van der Waals surface area (Å²) in [6.45, 7) is 10.1. The number of rotatable bonds is 5. The number of carbonyl (C=O) groups excluding carboxylic acids is 1. The van der Waals surface area contributed by atoms with Gasteiger partial charge in [-0.2, -0.15) is 5.10 Å². The topological polar surface area (TPSA) is 67.2 Å². The maximum absolute atomic E-state index is 13.4. The first-order valence-electron chi connectivity index (χ1n) is 8.40. The van der Waals surface area contributed by atoms with Crippen molar-refractivity contribution in [1.82, 2.24) is 15.1 Å². The highest BCUT2D eigenvalue weighted by molar-refractivity contribution is 5.92. The number of nitrogens with one attached hydrogen (secondary N) is 1. The number of carbonyl (C=O) groups is 1. The van der Waals surface area contributed by atoms with Crippen LogP contribution in [0.4, 0.5) is 4.39 Å². The Labute approximate surface area is 147 Å². The molecular formula is C19H26FN3O2. The highest BCUT2D eigenvalue weighted by atomic mass is 19.1. The third kappa shape index (κ3) is 4.45. The SMILES string of the molecule is CC(C)c1cc(C(=O)NCc2ccc(F)c(CO)c2)nn1C(C)(C)C. The standard InChI is InChI=1S/C19H26FN3O2/c1-12(2)17-9-16(22-23(17)19(3,4)5)18(25)21-10-13-6-7-15(20)14(8-13)11-24/h6-9,12,24H,10-11H2,1-5H3,(H,21,25). The van der Waals surface area contributed by atoms with Crippen LogP contribution >= 0.6 is 0 Å². The predicted molar refractivity (Wildman–Crippen MR) is 94.8 cm³/mol. The van der Waals surface area contributed by atoms with Gasteiger partial charge in [0.15, 0.2) is 0 Å². The molecule has 6 heteroatoms. The molecule has 0 spiro atoms. The number of aliphatic hydroxyl groups excluding tert-OH is 1. The molecule has 0 fully saturated rings. The number of aromatic nitrogens is 2. The fraction of sp³-hybridized carbons (Fsp3) is 0.474. The third-order valence-electron chi connectivity index (χ3n) is 3.93. The van der Waals surface area contributed by atoms with Crippen LogP contribution in [0.25, 0.3) is 0 Å². The molecule has 0 aliphatic carbocycles. The van der Waals surface area contributed by atoms with Crippen LogP contribution in [0.1, 0.15) is 67.8 Å². The summed E-state index contributed by atoms with van der Waals surface area (Å²) in [6, 6.07) is 6.23. The van der Waals surface area contributed by atoms with E-state index in [1.165, 1.54) is 6.07 Å². The summed E-state index contributed by atoms with van der Waals surface area (Å²) in [5, 5.41) is 16.4. The molecule has 1 heterocycles. The molecule has 1 aromatic heterocycles. The van der Waals surface area contributed by atoms with E-state index < -0.39 is 5.82 Å². The molecule has 1 aromatic carbocycles. The first-order chi connectivity index (χ1) is 11.6. The zero-order chi connectivity index (χ0) is 18.8. The molecule has 0 unspecified atom stereocenters. The Kier molecular flexibility index (Phi) is 5.62. The van der Waals surface area contributed by atoms with Crippen LogP contribution in [0.2, 0.25) is 0 Å². The maximum Gasteiger partial charge on any atom is 0.272 e. The summed E-state index contributed by atoms with van der Waals surface area (Å²) in [4.78, 5) is 12.4. The second kappa shape index (κ2) is 7.35. The van der Waals surface area contributed by atoms with Crippen molar-refractivity contribution in [3.05, 3.63) is 52.6 Å². The summed E-state index contributed by atoms with van der Waals surface area (Å²) in [6.07, 6.45) is 0. The van der Waals surface area contributed by atoms with Crippen molar-refractivity contribution in [2.75, 3.05) is 0 Å². The fourth-order valence-electron chi connectivity index (χ4n) is 2.59. The van der Waals surface area contributed by atoms with E-state index in [1.54, 1.807) is 12.1 Å². The predicted octanol–water partition coefficient (Wildman–Crippen LogP) is 3.32. The van der Waals surface area contributed by atoms with E-state index in [0.717, 1.165) is 11.3 Å².